The van der Waals surface area contributed by atoms with Crippen LogP contribution in [0.15, 0.2) is 30.3 Å². The number of phenols is 1. The molecule has 146 valence electrons. The van der Waals surface area contributed by atoms with Crippen LogP contribution in [0.25, 0.3) is 0 Å². The standard InChI is InChI=1S/C20H18O8/c1-10-5-6-15(21)12(7-10)17(22)11-8-13(18(23)26-2)16(20(25)28-4)14(9-11)19(24)27-3/h5-9,21H,1-4H3. The summed E-state index contributed by atoms with van der Waals surface area (Å²) in [5.41, 5.74) is -0.493. The molecule has 2 rings (SSSR count). The van der Waals surface area contributed by atoms with Crippen molar-refractivity contribution >= 4 is 23.7 Å². The van der Waals surface area contributed by atoms with Crippen LogP contribution in [0.1, 0.15) is 52.6 Å². The van der Waals surface area contributed by atoms with Crippen LogP contribution in [-0.2, 0) is 14.2 Å². The maximum absolute atomic E-state index is 12.9. The van der Waals surface area contributed by atoms with Gasteiger partial charge in [-0.15, -0.1) is 0 Å². The lowest BCUT2D eigenvalue weighted by atomic mass is 9.92. The summed E-state index contributed by atoms with van der Waals surface area (Å²) in [5.74, 6) is -3.81. The van der Waals surface area contributed by atoms with Crippen molar-refractivity contribution in [1.29, 1.82) is 0 Å². The van der Waals surface area contributed by atoms with Crippen LogP contribution in [-0.4, -0.2) is 50.1 Å². The number of aryl methyl sites for hydroxylation is 1. The molecule has 0 saturated carbocycles. The summed E-state index contributed by atoms with van der Waals surface area (Å²) in [4.78, 5) is 49.5. The number of benzene rings is 2. The molecular formula is C20H18O8. The van der Waals surface area contributed by atoms with E-state index in [2.05, 4.69) is 14.2 Å². The van der Waals surface area contributed by atoms with Gasteiger partial charge in [0, 0.05) is 5.56 Å². The summed E-state index contributed by atoms with van der Waals surface area (Å²) in [6.07, 6.45) is 0. The third-order valence-electron chi connectivity index (χ3n) is 4.00. The van der Waals surface area contributed by atoms with Crippen LogP contribution in [0.5, 0.6) is 5.75 Å². The van der Waals surface area contributed by atoms with Gasteiger partial charge in [-0.3, -0.25) is 4.79 Å². The number of ketones is 1. The van der Waals surface area contributed by atoms with Crippen LogP contribution < -0.4 is 0 Å². The van der Waals surface area contributed by atoms with Gasteiger partial charge in [0.05, 0.1) is 43.6 Å². The van der Waals surface area contributed by atoms with E-state index in [0.29, 0.717) is 5.56 Å². The number of aromatic hydroxyl groups is 1. The number of hydrogen-bond acceptors (Lipinski definition) is 8. The van der Waals surface area contributed by atoms with Crippen LogP contribution in [0.2, 0.25) is 0 Å². The predicted molar refractivity (Wildman–Crippen MR) is 96.7 cm³/mol. The van der Waals surface area contributed by atoms with Gasteiger partial charge in [-0.2, -0.15) is 0 Å². The van der Waals surface area contributed by atoms with Gasteiger partial charge in [0.2, 0.25) is 0 Å². The van der Waals surface area contributed by atoms with E-state index in [4.69, 9.17) is 0 Å². The van der Waals surface area contributed by atoms with Crippen molar-refractivity contribution in [1.82, 2.24) is 0 Å². The SMILES string of the molecule is COC(=O)c1cc(C(=O)c2cc(C)ccc2O)cc(C(=O)OC)c1C(=O)OC. The van der Waals surface area contributed by atoms with Crippen molar-refractivity contribution in [2.75, 3.05) is 21.3 Å². The highest BCUT2D eigenvalue weighted by Gasteiger charge is 2.29. The van der Waals surface area contributed by atoms with Gasteiger partial charge in [0.25, 0.3) is 0 Å². The zero-order valence-corrected chi connectivity index (χ0v) is 15.7. The van der Waals surface area contributed by atoms with Gasteiger partial charge >= 0.3 is 17.9 Å². The van der Waals surface area contributed by atoms with E-state index in [-0.39, 0.29) is 33.6 Å². The average molecular weight is 386 g/mol. The van der Waals surface area contributed by atoms with Crippen molar-refractivity contribution < 1.29 is 38.5 Å². The van der Waals surface area contributed by atoms with E-state index < -0.39 is 23.7 Å². The first-order valence-corrected chi connectivity index (χ1v) is 8.02. The molecule has 8 nitrogen and oxygen atoms in total. The number of carbonyl (C=O) groups excluding carboxylic acids is 4. The lowest BCUT2D eigenvalue weighted by molar-refractivity contribution is 0.0535. The highest BCUT2D eigenvalue weighted by Crippen LogP contribution is 2.26. The monoisotopic (exact) mass is 386 g/mol. The molecule has 1 N–H and O–H groups in total. The lowest BCUT2D eigenvalue weighted by Gasteiger charge is -2.13. The number of methoxy groups -OCH3 is 3. The Morgan fingerprint density at radius 2 is 1.25 bits per heavy atom. The van der Waals surface area contributed by atoms with E-state index in [0.717, 1.165) is 33.5 Å². The van der Waals surface area contributed by atoms with Gasteiger partial charge < -0.3 is 19.3 Å². The van der Waals surface area contributed by atoms with E-state index in [1.807, 2.05) is 0 Å². The van der Waals surface area contributed by atoms with Crippen molar-refractivity contribution in [3.63, 3.8) is 0 Å². The van der Waals surface area contributed by atoms with E-state index >= 15 is 0 Å². The first-order valence-electron chi connectivity index (χ1n) is 8.02. The predicted octanol–water partition coefficient (Wildman–Crippen LogP) is 2.29. The second-order valence-electron chi connectivity index (χ2n) is 5.77. The fourth-order valence-electron chi connectivity index (χ4n) is 2.62. The van der Waals surface area contributed by atoms with Gasteiger partial charge in [0.1, 0.15) is 5.75 Å². The quantitative estimate of drug-likeness (QED) is 0.473. The summed E-state index contributed by atoms with van der Waals surface area (Å²) >= 11 is 0. The third kappa shape index (κ3) is 3.85. The summed E-state index contributed by atoms with van der Waals surface area (Å²) in [5, 5.41) is 10.0. The Labute approximate surface area is 160 Å². The largest absolute Gasteiger partial charge is 0.507 e. The lowest BCUT2D eigenvalue weighted by Crippen LogP contribution is -2.20. The molecule has 0 aromatic heterocycles. The molecule has 0 heterocycles. The van der Waals surface area contributed by atoms with Crippen molar-refractivity contribution in [3.8, 4) is 5.75 Å². The minimum absolute atomic E-state index is 0.0301. The molecule has 0 atom stereocenters. The third-order valence-corrected chi connectivity index (χ3v) is 4.00. The van der Waals surface area contributed by atoms with E-state index in [1.165, 1.54) is 12.1 Å². The molecule has 0 unspecified atom stereocenters. The molecule has 0 aliphatic heterocycles. The molecule has 0 radical (unpaired) electrons. The van der Waals surface area contributed by atoms with Crippen LogP contribution in [0.3, 0.4) is 0 Å². The van der Waals surface area contributed by atoms with Gasteiger partial charge in [0.15, 0.2) is 5.78 Å². The Balaban J connectivity index is 2.80. The molecule has 0 aliphatic rings. The summed E-state index contributed by atoms with van der Waals surface area (Å²) in [6.45, 7) is 1.73. The van der Waals surface area contributed by atoms with Crippen molar-refractivity contribution in [2.45, 2.75) is 6.92 Å². The molecule has 28 heavy (non-hydrogen) atoms. The van der Waals surface area contributed by atoms with Gasteiger partial charge in [-0.25, -0.2) is 14.4 Å². The highest BCUT2D eigenvalue weighted by atomic mass is 16.5. The maximum Gasteiger partial charge on any atom is 0.339 e. The second-order valence-corrected chi connectivity index (χ2v) is 5.77. The molecule has 2 aromatic rings. The molecule has 0 saturated heterocycles. The highest BCUT2D eigenvalue weighted by molar-refractivity contribution is 6.16. The Kier molecular flexibility index (Phi) is 6.15. The first kappa shape index (κ1) is 20.6. The Bertz CT molecular complexity index is 937. The zero-order valence-electron chi connectivity index (χ0n) is 15.7. The minimum atomic E-state index is -0.974. The number of hydrogen-bond donors (Lipinski definition) is 1. The van der Waals surface area contributed by atoms with Crippen LogP contribution in [0.4, 0.5) is 0 Å². The van der Waals surface area contributed by atoms with E-state index in [1.54, 1.807) is 13.0 Å². The second kappa shape index (κ2) is 8.34. The number of carbonyl (C=O) groups is 4. The average Bonchev–Trinajstić information content (AvgIpc) is 2.72. The topological polar surface area (TPSA) is 116 Å². The van der Waals surface area contributed by atoms with Gasteiger partial charge in [-0.1, -0.05) is 11.6 Å². The zero-order chi connectivity index (χ0) is 21.0. The molecule has 0 spiro atoms. The molecule has 0 aliphatic carbocycles. The van der Waals surface area contributed by atoms with Crippen LogP contribution in [0, 0.1) is 6.92 Å². The number of ether oxygens (including phenoxy) is 3. The fraction of sp³-hybridized carbons (Fsp3) is 0.200. The number of esters is 3. The summed E-state index contributed by atoms with van der Waals surface area (Å²) in [7, 11) is 3.25. The smallest absolute Gasteiger partial charge is 0.339 e. The molecule has 2 aromatic carbocycles. The Morgan fingerprint density at radius 1 is 0.750 bits per heavy atom. The Hall–Kier alpha value is -3.68. The molecule has 0 bridgehead atoms. The Morgan fingerprint density at radius 3 is 1.71 bits per heavy atom. The van der Waals surface area contributed by atoms with Crippen LogP contribution >= 0.6 is 0 Å². The van der Waals surface area contributed by atoms with Crippen molar-refractivity contribution in [2.24, 2.45) is 0 Å². The summed E-state index contributed by atoms with van der Waals surface area (Å²) < 4.78 is 14.0. The first-order chi connectivity index (χ1) is 13.2. The molecule has 0 fully saturated rings. The number of rotatable bonds is 5. The number of phenolic OH excluding ortho intramolecular Hbond substituents is 1. The maximum atomic E-state index is 12.9. The molecule has 0 amide bonds. The van der Waals surface area contributed by atoms with E-state index in [9.17, 15) is 24.3 Å². The fourth-order valence-corrected chi connectivity index (χ4v) is 2.62. The minimum Gasteiger partial charge on any atom is -0.507 e. The molecule has 8 heteroatoms. The normalized spacial score (nSPS) is 10.1. The van der Waals surface area contributed by atoms with Gasteiger partial charge in [-0.05, 0) is 31.2 Å². The summed E-state index contributed by atoms with van der Waals surface area (Å²) in [6, 6.07) is 6.64. The molecular weight excluding hydrogens is 368 g/mol. The van der Waals surface area contributed by atoms with Crippen molar-refractivity contribution in [3.05, 3.63) is 63.7 Å².